The minimum absolute atomic E-state index is 0.346. The van der Waals surface area contributed by atoms with Crippen LogP contribution in [0, 0.1) is 0 Å². The van der Waals surface area contributed by atoms with Crippen molar-refractivity contribution in [2.24, 2.45) is 5.73 Å². The summed E-state index contributed by atoms with van der Waals surface area (Å²) in [6, 6.07) is 4.99. The molecule has 17 heavy (non-hydrogen) atoms. The van der Waals surface area contributed by atoms with E-state index in [9.17, 15) is 0 Å². The first-order valence-electron chi connectivity index (χ1n) is 6.43. The molecule has 3 nitrogen and oxygen atoms in total. The van der Waals surface area contributed by atoms with Crippen LogP contribution in [0.1, 0.15) is 44.4 Å². The standard InChI is InChI=1S/C13H21BrN2O/c1-10(12-5-6-13(14)17-12)16-9-3-2-4-11(16)7-8-15/h5-6,10-11H,2-4,7-9,15H2,1H3. The molecule has 0 aliphatic carbocycles. The van der Waals surface area contributed by atoms with Crippen molar-refractivity contribution in [2.75, 3.05) is 13.1 Å². The summed E-state index contributed by atoms with van der Waals surface area (Å²) in [5.41, 5.74) is 5.71. The Morgan fingerprint density at radius 3 is 3.00 bits per heavy atom. The van der Waals surface area contributed by atoms with E-state index >= 15 is 0 Å². The van der Waals surface area contributed by atoms with Gasteiger partial charge in [0, 0.05) is 6.04 Å². The molecule has 0 radical (unpaired) electrons. The molecule has 0 aromatic carbocycles. The van der Waals surface area contributed by atoms with Crippen LogP contribution in [-0.4, -0.2) is 24.0 Å². The van der Waals surface area contributed by atoms with Gasteiger partial charge in [0.05, 0.1) is 6.04 Å². The smallest absolute Gasteiger partial charge is 0.169 e. The molecule has 1 saturated heterocycles. The fourth-order valence-electron chi connectivity index (χ4n) is 2.75. The monoisotopic (exact) mass is 300 g/mol. The Labute approximate surface area is 111 Å². The zero-order valence-electron chi connectivity index (χ0n) is 10.4. The van der Waals surface area contributed by atoms with Gasteiger partial charge in [-0.25, -0.2) is 0 Å². The Bertz CT molecular complexity index is 351. The van der Waals surface area contributed by atoms with Crippen LogP contribution in [0.3, 0.4) is 0 Å². The summed E-state index contributed by atoms with van der Waals surface area (Å²) >= 11 is 3.37. The number of piperidine rings is 1. The number of nitrogens with two attached hydrogens (primary N) is 1. The molecule has 2 atom stereocenters. The van der Waals surface area contributed by atoms with Crippen LogP contribution >= 0.6 is 15.9 Å². The highest BCUT2D eigenvalue weighted by molar-refractivity contribution is 9.10. The lowest BCUT2D eigenvalue weighted by Crippen LogP contribution is -2.42. The number of halogens is 1. The van der Waals surface area contributed by atoms with Crippen LogP contribution in [0.5, 0.6) is 0 Å². The fourth-order valence-corrected chi connectivity index (χ4v) is 3.07. The first-order chi connectivity index (χ1) is 8.22. The second-order valence-corrected chi connectivity index (χ2v) is 5.56. The normalized spacial score (nSPS) is 23.8. The van der Waals surface area contributed by atoms with Gasteiger partial charge in [0.25, 0.3) is 0 Å². The maximum atomic E-state index is 5.71. The molecule has 2 rings (SSSR count). The zero-order valence-corrected chi connectivity index (χ0v) is 11.9. The highest BCUT2D eigenvalue weighted by Crippen LogP contribution is 2.31. The Balaban J connectivity index is 2.07. The van der Waals surface area contributed by atoms with Gasteiger partial charge in [0.15, 0.2) is 4.67 Å². The van der Waals surface area contributed by atoms with Gasteiger partial charge in [0.2, 0.25) is 0 Å². The van der Waals surface area contributed by atoms with Gasteiger partial charge in [-0.1, -0.05) is 6.42 Å². The summed E-state index contributed by atoms with van der Waals surface area (Å²) < 4.78 is 6.48. The lowest BCUT2D eigenvalue weighted by atomic mass is 9.97. The lowest BCUT2D eigenvalue weighted by molar-refractivity contribution is 0.0866. The van der Waals surface area contributed by atoms with E-state index in [1.807, 2.05) is 6.07 Å². The molecule has 2 heterocycles. The number of furan rings is 1. The Morgan fingerprint density at radius 1 is 1.53 bits per heavy atom. The third-order valence-electron chi connectivity index (χ3n) is 3.68. The summed E-state index contributed by atoms with van der Waals surface area (Å²) in [4.78, 5) is 2.54. The Kier molecular flexibility index (Phi) is 4.65. The predicted molar refractivity (Wildman–Crippen MR) is 72.8 cm³/mol. The molecule has 0 spiro atoms. The molecule has 96 valence electrons. The summed E-state index contributed by atoms with van der Waals surface area (Å²) in [5.74, 6) is 1.04. The van der Waals surface area contributed by atoms with Crippen LogP contribution in [-0.2, 0) is 0 Å². The number of likely N-dealkylation sites (tertiary alicyclic amines) is 1. The predicted octanol–water partition coefficient (Wildman–Crippen LogP) is 3.31. The SMILES string of the molecule is CC(c1ccc(Br)o1)N1CCCCC1CCN. The molecule has 2 unspecified atom stereocenters. The second-order valence-electron chi connectivity index (χ2n) is 4.78. The van der Waals surface area contributed by atoms with Crippen molar-refractivity contribution in [2.45, 2.75) is 44.7 Å². The number of rotatable bonds is 4. The largest absolute Gasteiger partial charge is 0.453 e. The van der Waals surface area contributed by atoms with Crippen LogP contribution in [0.4, 0.5) is 0 Å². The molecular formula is C13H21BrN2O. The highest BCUT2D eigenvalue weighted by Gasteiger charge is 2.28. The average molecular weight is 301 g/mol. The quantitative estimate of drug-likeness (QED) is 0.928. The van der Waals surface area contributed by atoms with Crippen molar-refractivity contribution < 1.29 is 4.42 Å². The van der Waals surface area contributed by atoms with Crippen LogP contribution in [0.25, 0.3) is 0 Å². The fraction of sp³-hybridized carbons (Fsp3) is 0.692. The van der Waals surface area contributed by atoms with E-state index < -0.39 is 0 Å². The molecule has 1 aromatic rings. The van der Waals surface area contributed by atoms with E-state index in [2.05, 4.69) is 33.8 Å². The van der Waals surface area contributed by atoms with Crippen molar-refractivity contribution in [3.63, 3.8) is 0 Å². The van der Waals surface area contributed by atoms with Gasteiger partial charge < -0.3 is 10.2 Å². The topological polar surface area (TPSA) is 42.4 Å². The van der Waals surface area contributed by atoms with Gasteiger partial charge in [-0.3, -0.25) is 4.90 Å². The maximum Gasteiger partial charge on any atom is 0.169 e. The van der Waals surface area contributed by atoms with E-state index in [0.717, 1.165) is 29.9 Å². The van der Waals surface area contributed by atoms with Gasteiger partial charge in [-0.05, 0) is 67.3 Å². The van der Waals surface area contributed by atoms with Gasteiger partial charge >= 0.3 is 0 Å². The highest BCUT2D eigenvalue weighted by atomic mass is 79.9. The minimum atomic E-state index is 0.346. The van der Waals surface area contributed by atoms with E-state index in [0.29, 0.717) is 12.1 Å². The van der Waals surface area contributed by atoms with Crippen molar-refractivity contribution in [3.8, 4) is 0 Å². The average Bonchev–Trinajstić information content (AvgIpc) is 2.76. The summed E-state index contributed by atoms with van der Waals surface area (Å²) in [5, 5.41) is 0. The van der Waals surface area contributed by atoms with Crippen molar-refractivity contribution in [1.82, 2.24) is 4.90 Å². The van der Waals surface area contributed by atoms with Gasteiger partial charge in [0.1, 0.15) is 5.76 Å². The van der Waals surface area contributed by atoms with Crippen molar-refractivity contribution >= 4 is 15.9 Å². The summed E-state index contributed by atoms with van der Waals surface area (Å²) in [6.07, 6.45) is 4.97. The van der Waals surface area contributed by atoms with E-state index in [4.69, 9.17) is 10.2 Å². The van der Waals surface area contributed by atoms with Crippen LogP contribution in [0.15, 0.2) is 21.2 Å². The molecule has 4 heteroatoms. The molecule has 0 saturated carbocycles. The Morgan fingerprint density at radius 2 is 2.35 bits per heavy atom. The third-order valence-corrected chi connectivity index (χ3v) is 4.10. The maximum absolute atomic E-state index is 5.71. The number of hydrogen-bond donors (Lipinski definition) is 1. The van der Waals surface area contributed by atoms with Gasteiger partial charge in [-0.15, -0.1) is 0 Å². The van der Waals surface area contributed by atoms with Gasteiger partial charge in [-0.2, -0.15) is 0 Å². The first kappa shape index (κ1) is 13.1. The zero-order chi connectivity index (χ0) is 12.3. The number of hydrogen-bond acceptors (Lipinski definition) is 3. The molecule has 1 aliphatic rings. The Hall–Kier alpha value is -0.320. The first-order valence-corrected chi connectivity index (χ1v) is 7.22. The molecule has 0 bridgehead atoms. The molecule has 1 aromatic heterocycles. The van der Waals surface area contributed by atoms with E-state index in [1.165, 1.54) is 19.3 Å². The minimum Gasteiger partial charge on any atom is -0.453 e. The van der Waals surface area contributed by atoms with Crippen LogP contribution < -0.4 is 5.73 Å². The second kappa shape index (κ2) is 6.03. The van der Waals surface area contributed by atoms with Crippen molar-refractivity contribution in [1.29, 1.82) is 0 Å². The van der Waals surface area contributed by atoms with Crippen LogP contribution in [0.2, 0.25) is 0 Å². The molecule has 2 N–H and O–H groups in total. The molecular weight excluding hydrogens is 280 g/mol. The molecule has 0 amide bonds. The lowest BCUT2D eigenvalue weighted by Gasteiger charge is -2.39. The molecule has 1 fully saturated rings. The van der Waals surface area contributed by atoms with E-state index in [1.54, 1.807) is 0 Å². The summed E-state index contributed by atoms with van der Waals surface area (Å²) in [7, 11) is 0. The van der Waals surface area contributed by atoms with Crippen molar-refractivity contribution in [3.05, 3.63) is 22.6 Å². The third kappa shape index (κ3) is 3.12. The number of nitrogens with zero attached hydrogens (tertiary/aromatic N) is 1. The van der Waals surface area contributed by atoms with E-state index in [-0.39, 0.29) is 0 Å². The summed E-state index contributed by atoms with van der Waals surface area (Å²) in [6.45, 7) is 4.15. The molecule has 1 aliphatic heterocycles.